The van der Waals surface area contributed by atoms with Gasteiger partial charge in [0.2, 0.25) is 5.79 Å². The zero-order valence-corrected chi connectivity index (χ0v) is 16.9. The lowest BCUT2D eigenvalue weighted by molar-refractivity contribution is -0.129. The quantitative estimate of drug-likeness (QED) is 0.400. The Hall–Kier alpha value is -3.53. The molecule has 0 aromatic heterocycles. The van der Waals surface area contributed by atoms with Crippen LogP contribution in [0.15, 0.2) is 103 Å². The van der Waals surface area contributed by atoms with Crippen molar-refractivity contribution in [2.75, 3.05) is 13.2 Å². The number of hydrogen-bond acceptors (Lipinski definition) is 3. The molecular formula is C28H20O3. The molecule has 0 N–H and O–H groups in total. The van der Waals surface area contributed by atoms with Crippen molar-refractivity contribution in [1.82, 2.24) is 0 Å². The van der Waals surface area contributed by atoms with Crippen LogP contribution in [0.4, 0.5) is 0 Å². The summed E-state index contributed by atoms with van der Waals surface area (Å²) in [7, 11) is 0. The van der Waals surface area contributed by atoms with Gasteiger partial charge in [-0.05, 0) is 16.5 Å². The van der Waals surface area contributed by atoms with Gasteiger partial charge in [0, 0.05) is 22.1 Å². The third-order valence-corrected chi connectivity index (χ3v) is 6.13. The summed E-state index contributed by atoms with van der Waals surface area (Å²) in [6, 6.07) is 32.0. The average molecular weight is 404 g/mol. The van der Waals surface area contributed by atoms with Crippen molar-refractivity contribution in [2.45, 2.75) is 5.79 Å². The van der Waals surface area contributed by atoms with Gasteiger partial charge < -0.3 is 9.47 Å². The van der Waals surface area contributed by atoms with E-state index in [9.17, 15) is 4.79 Å². The first-order valence-corrected chi connectivity index (χ1v) is 10.5. The fraction of sp³-hybridized carbons (Fsp3) is 0.107. The summed E-state index contributed by atoms with van der Waals surface area (Å²) in [4.78, 5) is 14.1. The monoisotopic (exact) mass is 404 g/mol. The van der Waals surface area contributed by atoms with E-state index in [1.165, 1.54) is 0 Å². The minimum atomic E-state index is -1.22. The van der Waals surface area contributed by atoms with E-state index in [2.05, 4.69) is 0 Å². The van der Waals surface area contributed by atoms with E-state index < -0.39 is 5.79 Å². The predicted molar refractivity (Wildman–Crippen MR) is 121 cm³/mol. The lowest BCUT2D eigenvalue weighted by Gasteiger charge is -2.36. The second kappa shape index (κ2) is 7.02. The first-order valence-electron chi connectivity index (χ1n) is 10.5. The topological polar surface area (TPSA) is 35.5 Å². The maximum Gasteiger partial charge on any atom is 0.227 e. The van der Waals surface area contributed by atoms with Gasteiger partial charge in [-0.25, -0.2) is 0 Å². The smallest absolute Gasteiger partial charge is 0.227 e. The molecule has 4 aromatic rings. The lowest BCUT2D eigenvalue weighted by atomic mass is 9.76. The molecule has 1 fully saturated rings. The molecule has 1 aliphatic carbocycles. The first kappa shape index (κ1) is 18.3. The molecule has 0 amide bonds. The molecule has 2 aliphatic rings. The molecule has 1 saturated heterocycles. The lowest BCUT2D eigenvalue weighted by Crippen LogP contribution is -2.38. The molecule has 0 radical (unpaired) electrons. The number of carbonyl (C=O) groups excluding carboxylic acids is 1. The highest BCUT2D eigenvalue weighted by Gasteiger charge is 2.51. The number of fused-ring (bicyclic) bond motifs is 1. The first-order chi connectivity index (χ1) is 15.3. The van der Waals surface area contributed by atoms with E-state index in [1.54, 1.807) is 0 Å². The van der Waals surface area contributed by atoms with Gasteiger partial charge in [0.25, 0.3) is 0 Å². The molecule has 0 saturated carbocycles. The summed E-state index contributed by atoms with van der Waals surface area (Å²) in [5.41, 5.74) is 4.91. The van der Waals surface area contributed by atoms with Gasteiger partial charge in [-0.2, -0.15) is 0 Å². The summed E-state index contributed by atoms with van der Waals surface area (Å²) in [6.45, 7) is 0.873. The van der Waals surface area contributed by atoms with Crippen LogP contribution in [0.3, 0.4) is 0 Å². The summed E-state index contributed by atoms with van der Waals surface area (Å²) in [5, 5.41) is 1.93. The maximum absolute atomic E-state index is 14.1. The van der Waals surface area contributed by atoms with Crippen molar-refractivity contribution in [2.24, 2.45) is 0 Å². The number of ketones is 1. The number of carbonyl (C=O) groups is 1. The van der Waals surface area contributed by atoms with Gasteiger partial charge in [0.15, 0.2) is 5.78 Å². The van der Waals surface area contributed by atoms with Crippen LogP contribution in [0, 0.1) is 0 Å². The average Bonchev–Trinajstić information content (AvgIpc) is 3.32. The van der Waals surface area contributed by atoms with Gasteiger partial charge in [-0.1, -0.05) is 97.1 Å². The Morgan fingerprint density at radius 3 is 1.87 bits per heavy atom. The highest BCUT2D eigenvalue weighted by Crippen LogP contribution is 2.51. The summed E-state index contributed by atoms with van der Waals surface area (Å²) < 4.78 is 12.7. The van der Waals surface area contributed by atoms with E-state index in [-0.39, 0.29) is 5.78 Å². The van der Waals surface area contributed by atoms with Crippen LogP contribution < -0.4 is 0 Å². The summed E-state index contributed by atoms with van der Waals surface area (Å²) in [6.07, 6.45) is 0. The Labute approximate surface area is 180 Å². The van der Waals surface area contributed by atoms with Crippen molar-refractivity contribution in [3.63, 3.8) is 0 Å². The van der Waals surface area contributed by atoms with E-state index >= 15 is 0 Å². The van der Waals surface area contributed by atoms with Crippen molar-refractivity contribution in [1.29, 1.82) is 0 Å². The van der Waals surface area contributed by atoms with Crippen LogP contribution in [-0.4, -0.2) is 19.0 Å². The molecule has 3 heteroatoms. The standard InChI is InChI=1S/C28H20O3/c29-27-22-15-7-13-21-14-8-16-23(25(21)22)28(30-17-18-31-28)26(27)24(19-9-3-1-4-10-19)20-11-5-2-6-12-20/h1-16H,17-18H2. The minimum Gasteiger partial charge on any atom is -0.340 e. The number of ether oxygens (including phenoxy) is 2. The number of benzene rings is 4. The van der Waals surface area contributed by atoms with Gasteiger partial charge in [-0.3, -0.25) is 4.79 Å². The molecule has 150 valence electrons. The Bertz CT molecular complexity index is 1280. The molecule has 31 heavy (non-hydrogen) atoms. The fourth-order valence-electron chi connectivity index (χ4n) is 4.88. The second-order valence-corrected chi connectivity index (χ2v) is 7.83. The number of Topliss-reactive ketones (excluding diaryl/α,β-unsaturated/α-hetero) is 1. The Morgan fingerprint density at radius 2 is 1.26 bits per heavy atom. The highest BCUT2D eigenvalue weighted by atomic mass is 16.7. The molecule has 3 nitrogen and oxygen atoms in total. The van der Waals surface area contributed by atoms with Gasteiger partial charge >= 0.3 is 0 Å². The molecule has 0 atom stereocenters. The molecule has 1 heterocycles. The SMILES string of the molecule is O=C1C(=C(c2ccccc2)c2ccccc2)C2(OCCO2)c2cccc3cccc1c23. The van der Waals surface area contributed by atoms with Gasteiger partial charge in [0.1, 0.15) is 0 Å². The normalized spacial score (nSPS) is 16.8. The molecular weight excluding hydrogens is 384 g/mol. The summed E-state index contributed by atoms with van der Waals surface area (Å²) in [5.74, 6) is -1.26. The van der Waals surface area contributed by atoms with Gasteiger partial charge in [0.05, 0.1) is 18.8 Å². The fourth-order valence-corrected chi connectivity index (χ4v) is 4.88. The Kier molecular flexibility index (Phi) is 4.13. The largest absolute Gasteiger partial charge is 0.340 e. The summed E-state index contributed by atoms with van der Waals surface area (Å²) >= 11 is 0. The van der Waals surface area contributed by atoms with Crippen LogP contribution in [0.1, 0.15) is 27.0 Å². The Morgan fingerprint density at radius 1 is 0.677 bits per heavy atom. The Balaban J connectivity index is 1.78. The second-order valence-electron chi connectivity index (χ2n) is 7.83. The zero-order chi connectivity index (χ0) is 20.8. The molecule has 0 unspecified atom stereocenters. The van der Waals surface area contributed by atoms with Crippen LogP contribution in [0.5, 0.6) is 0 Å². The van der Waals surface area contributed by atoms with Crippen LogP contribution in [0.25, 0.3) is 16.3 Å². The number of hydrogen-bond donors (Lipinski definition) is 0. The zero-order valence-electron chi connectivity index (χ0n) is 16.9. The van der Waals surface area contributed by atoms with E-state index in [0.717, 1.165) is 33.0 Å². The third-order valence-electron chi connectivity index (χ3n) is 6.13. The maximum atomic E-state index is 14.1. The number of rotatable bonds is 2. The van der Waals surface area contributed by atoms with Crippen molar-refractivity contribution in [3.05, 3.63) is 125 Å². The van der Waals surface area contributed by atoms with Crippen LogP contribution in [0.2, 0.25) is 0 Å². The van der Waals surface area contributed by atoms with Crippen molar-refractivity contribution < 1.29 is 14.3 Å². The molecule has 0 bridgehead atoms. The van der Waals surface area contributed by atoms with Crippen molar-refractivity contribution in [3.8, 4) is 0 Å². The highest BCUT2D eigenvalue weighted by molar-refractivity contribution is 6.24. The van der Waals surface area contributed by atoms with E-state index in [4.69, 9.17) is 9.47 Å². The molecule has 4 aromatic carbocycles. The van der Waals surface area contributed by atoms with E-state index in [1.807, 2.05) is 97.1 Å². The molecule has 6 rings (SSSR count). The van der Waals surface area contributed by atoms with Crippen molar-refractivity contribution >= 4 is 22.1 Å². The van der Waals surface area contributed by atoms with Crippen LogP contribution in [-0.2, 0) is 15.3 Å². The minimum absolute atomic E-state index is 0.0473. The van der Waals surface area contributed by atoms with Crippen LogP contribution >= 0.6 is 0 Å². The van der Waals surface area contributed by atoms with Gasteiger partial charge in [-0.15, -0.1) is 0 Å². The van der Waals surface area contributed by atoms with E-state index in [0.29, 0.717) is 24.4 Å². The predicted octanol–water partition coefficient (Wildman–Crippen LogP) is 5.74. The third kappa shape index (κ3) is 2.64. The molecule has 1 aliphatic heterocycles. The molecule has 1 spiro atoms.